The number of aliphatic imine (C=N–C) groups is 1. The van der Waals surface area contributed by atoms with E-state index in [1.165, 1.54) is 32.1 Å². The predicted octanol–water partition coefficient (Wildman–Crippen LogP) is 4.16. The Kier molecular flexibility index (Phi) is 12.6. The van der Waals surface area contributed by atoms with Gasteiger partial charge in [-0.25, -0.2) is 9.59 Å². The molecule has 1 aliphatic carbocycles. The number of benzene rings is 1. The molecule has 1 aromatic rings. The van der Waals surface area contributed by atoms with Gasteiger partial charge in [-0.05, 0) is 44.4 Å². The first-order valence-corrected chi connectivity index (χ1v) is 12.6. The molecule has 0 aromatic heterocycles. The van der Waals surface area contributed by atoms with Crippen molar-refractivity contribution in [3.8, 4) is 0 Å². The van der Waals surface area contributed by atoms with Gasteiger partial charge in [0.2, 0.25) is 0 Å². The predicted molar refractivity (Wildman–Crippen MR) is 134 cm³/mol. The molecule has 0 radical (unpaired) electrons. The van der Waals surface area contributed by atoms with Gasteiger partial charge in [0.15, 0.2) is 5.96 Å². The topological polar surface area (TPSA) is 115 Å². The molecule has 3 rings (SSSR count). The summed E-state index contributed by atoms with van der Waals surface area (Å²) in [4.78, 5) is 30.0. The molecule has 1 heterocycles. The first-order valence-electron chi connectivity index (χ1n) is 12.6. The maximum absolute atomic E-state index is 11.3. The van der Waals surface area contributed by atoms with E-state index in [0.717, 1.165) is 56.9 Å². The molecule has 0 amide bonds. The molecule has 9 nitrogen and oxygen atoms in total. The van der Waals surface area contributed by atoms with E-state index in [2.05, 4.69) is 15.1 Å². The van der Waals surface area contributed by atoms with Gasteiger partial charge < -0.3 is 25.2 Å². The Balaban J connectivity index is 0.000000604. The minimum absolute atomic E-state index is 0.276. The number of aliphatic carboxylic acids is 1. The maximum Gasteiger partial charge on any atom is 0.490 e. The molecule has 208 valence electrons. The van der Waals surface area contributed by atoms with Crippen LogP contribution in [0.15, 0.2) is 29.3 Å². The maximum atomic E-state index is 11.3. The fourth-order valence-electron chi connectivity index (χ4n) is 4.32. The standard InChI is InChI=1S/C23H36N4O3.C2HF3O2/c1-2-30-17-7-12-24-23(25-20-9-6-8-19(18-20)22(28)29)27-15-13-26(14-16-27)21-10-4-3-5-11-21;3-2(4,5)1(6)7/h6,8-9,18,21H,2-5,7,10-17H2,1H3,(H,24,25)(H,28,29);(H,6,7). The molecule has 12 heteroatoms. The Bertz CT molecular complexity index is 883. The van der Waals surface area contributed by atoms with Crippen molar-refractivity contribution in [1.82, 2.24) is 9.80 Å². The smallest absolute Gasteiger partial charge is 0.478 e. The van der Waals surface area contributed by atoms with E-state index in [0.29, 0.717) is 13.2 Å². The van der Waals surface area contributed by atoms with Crippen molar-refractivity contribution in [2.24, 2.45) is 4.99 Å². The van der Waals surface area contributed by atoms with E-state index in [9.17, 15) is 23.1 Å². The molecule has 0 unspecified atom stereocenters. The summed E-state index contributed by atoms with van der Waals surface area (Å²) in [5, 5.41) is 19.8. The number of rotatable bonds is 8. The molecule has 1 saturated heterocycles. The first-order chi connectivity index (χ1) is 17.6. The van der Waals surface area contributed by atoms with Crippen LogP contribution in [0.2, 0.25) is 0 Å². The number of guanidine groups is 1. The van der Waals surface area contributed by atoms with Crippen LogP contribution < -0.4 is 5.32 Å². The van der Waals surface area contributed by atoms with E-state index >= 15 is 0 Å². The Morgan fingerprint density at radius 3 is 2.32 bits per heavy atom. The van der Waals surface area contributed by atoms with Gasteiger partial charge in [-0.3, -0.25) is 9.89 Å². The molecule has 37 heavy (non-hydrogen) atoms. The number of hydrogen-bond acceptors (Lipinski definition) is 5. The number of ether oxygens (including phenoxy) is 1. The molecule has 1 saturated carbocycles. The van der Waals surface area contributed by atoms with Crippen LogP contribution in [-0.2, 0) is 9.53 Å². The average Bonchev–Trinajstić information content (AvgIpc) is 2.88. The highest BCUT2D eigenvalue weighted by molar-refractivity contribution is 5.95. The number of carboxylic acid groups (broad SMARTS) is 2. The monoisotopic (exact) mass is 530 g/mol. The van der Waals surface area contributed by atoms with Crippen LogP contribution in [0.25, 0.3) is 0 Å². The largest absolute Gasteiger partial charge is 0.490 e. The summed E-state index contributed by atoms with van der Waals surface area (Å²) in [6.07, 6.45) is 2.56. The quantitative estimate of drug-likeness (QED) is 0.261. The SMILES string of the molecule is CCOCCCN=C(Nc1cccc(C(=O)O)c1)N1CCN(C2CCCCC2)CC1.O=C(O)C(F)(F)F. The lowest BCUT2D eigenvalue weighted by atomic mass is 9.94. The van der Waals surface area contributed by atoms with Crippen molar-refractivity contribution in [3.05, 3.63) is 29.8 Å². The average molecular weight is 531 g/mol. The summed E-state index contributed by atoms with van der Waals surface area (Å²) in [5.74, 6) is -2.85. The number of nitrogens with zero attached hydrogens (tertiary/aromatic N) is 3. The van der Waals surface area contributed by atoms with E-state index in [1.54, 1.807) is 18.2 Å². The summed E-state index contributed by atoms with van der Waals surface area (Å²) < 4.78 is 37.2. The van der Waals surface area contributed by atoms with Crippen molar-refractivity contribution in [2.45, 2.75) is 57.7 Å². The zero-order valence-corrected chi connectivity index (χ0v) is 21.2. The molecule has 2 fully saturated rings. The summed E-state index contributed by atoms with van der Waals surface area (Å²) in [5.41, 5.74) is 1.03. The van der Waals surface area contributed by atoms with Crippen molar-refractivity contribution in [1.29, 1.82) is 0 Å². The second-order valence-corrected chi connectivity index (χ2v) is 8.88. The van der Waals surface area contributed by atoms with E-state index in [1.807, 2.05) is 13.0 Å². The summed E-state index contributed by atoms with van der Waals surface area (Å²) in [6, 6.07) is 7.67. The molecular weight excluding hydrogens is 493 g/mol. The molecular formula is C25H37F3N4O5. The Hall–Kier alpha value is -2.86. The lowest BCUT2D eigenvalue weighted by molar-refractivity contribution is -0.192. The highest BCUT2D eigenvalue weighted by atomic mass is 19.4. The van der Waals surface area contributed by atoms with Crippen LogP contribution in [0.1, 0.15) is 55.8 Å². The van der Waals surface area contributed by atoms with Gasteiger partial charge in [0.05, 0.1) is 5.56 Å². The highest BCUT2D eigenvalue weighted by Gasteiger charge is 2.38. The molecule has 0 bridgehead atoms. The van der Waals surface area contributed by atoms with Gasteiger partial charge in [-0.1, -0.05) is 25.3 Å². The van der Waals surface area contributed by atoms with Gasteiger partial charge in [0, 0.05) is 57.7 Å². The zero-order chi connectivity index (χ0) is 27.3. The van der Waals surface area contributed by atoms with E-state index < -0.39 is 18.1 Å². The number of alkyl halides is 3. The van der Waals surface area contributed by atoms with Gasteiger partial charge in [0.25, 0.3) is 0 Å². The second-order valence-electron chi connectivity index (χ2n) is 8.88. The molecule has 0 spiro atoms. The number of aromatic carboxylic acids is 1. The Morgan fingerprint density at radius 1 is 1.11 bits per heavy atom. The number of nitrogens with one attached hydrogen (secondary N) is 1. The molecule has 1 aliphatic heterocycles. The number of carboxylic acids is 2. The highest BCUT2D eigenvalue weighted by Crippen LogP contribution is 2.24. The lowest BCUT2D eigenvalue weighted by Gasteiger charge is -2.41. The Labute approximate surface area is 215 Å². The van der Waals surface area contributed by atoms with Gasteiger partial charge in [-0.15, -0.1) is 0 Å². The van der Waals surface area contributed by atoms with E-state index in [-0.39, 0.29) is 5.56 Å². The minimum atomic E-state index is -5.08. The molecule has 3 N–H and O–H groups in total. The van der Waals surface area contributed by atoms with Gasteiger partial charge in [0.1, 0.15) is 0 Å². The molecule has 0 atom stereocenters. The van der Waals surface area contributed by atoms with Gasteiger partial charge >= 0.3 is 18.1 Å². The van der Waals surface area contributed by atoms with Crippen molar-refractivity contribution >= 4 is 23.6 Å². The van der Waals surface area contributed by atoms with Crippen molar-refractivity contribution in [2.75, 3.05) is 51.3 Å². The Morgan fingerprint density at radius 2 is 1.76 bits per heavy atom. The fourth-order valence-corrected chi connectivity index (χ4v) is 4.32. The number of carbonyl (C=O) groups is 2. The molecule has 1 aromatic carbocycles. The lowest BCUT2D eigenvalue weighted by Crippen LogP contribution is -2.53. The minimum Gasteiger partial charge on any atom is -0.478 e. The van der Waals surface area contributed by atoms with Crippen LogP contribution in [0.4, 0.5) is 18.9 Å². The fraction of sp³-hybridized carbons (Fsp3) is 0.640. The summed E-state index contributed by atoms with van der Waals surface area (Å²) in [7, 11) is 0. The first kappa shape index (κ1) is 30.4. The second kappa shape index (κ2) is 15.4. The summed E-state index contributed by atoms with van der Waals surface area (Å²) in [6.45, 7) is 8.09. The number of piperazine rings is 1. The van der Waals surface area contributed by atoms with Crippen LogP contribution in [0, 0.1) is 0 Å². The normalized spacial score (nSPS) is 17.6. The number of hydrogen-bond donors (Lipinski definition) is 3. The van der Waals surface area contributed by atoms with Crippen molar-refractivity contribution < 1.29 is 37.7 Å². The zero-order valence-electron chi connectivity index (χ0n) is 21.2. The third-order valence-electron chi connectivity index (χ3n) is 6.23. The van der Waals surface area contributed by atoms with Crippen molar-refractivity contribution in [3.63, 3.8) is 0 Å². The third kappa shape index (κ3) is 11.0. The molecule has 2 aliphatic rings. The summed E-state index contributed by atoms with van der Waals surface area (Å²) >= 11 is 0. The van der Waals surface area contributed by atoms with Gasteiger partial charge in [-0.2, -0.15) is 13.2 Å². The van der Waals surface area contributed by atoms with Crippen LogP contribution in [0.5, 0.6) is 0 Å². The number of halogens is 3. The third-order valence-corrected chi connectivity index (χ3v) is 6.23. The van der Waals surface area contributed by atoms with E-state index in [4.69, 9.17) is 19.6 Å². The van der Waals surface area contributed by atoms with Crippen LogP contribution >= 0.6 is 0 Å². The number of anilines is 1. The van der Waals surface area contributed by atoms with Crippen LogP contribution in [0.3, 0.4) is 0 Å². The van der Waals surface area contributed by atoms with Crippen LogP contribution in [-0.4, -0.2) is 96.1 Å².